The second-order valence-corrected chi connectivity index (χ2v) is 7.21. The highest BCUT2D eigenvalue weighted by Gasteiger charge is 2.18. The molecule has 5 nitrogen and oxygen atoms in total. The van der Waals surface area contributed by atoms with Gasteiger partial charge in [0.25, 0.3) is 5.91 Å². The van der Waals surface area contributed by atoms with Crippen LogP contribution in [0.25, 0.3) is 0 Å². The lowest BCUT2D eigenvalue weighted by Gasteiger charge is -2.22. The molecule has 0 spiro atoms. The predicted octanol–water partition coefficient (Wildman–Crippen LogP) is 2.93. The van der Waals surface area contributed by atoms with Gasteiger partial charge in [0.1, 0.15) is 5.69 Å². The smallest absolute Gasteiger partial charge is 0.271 e. The maximum atomic E-state index is 12.4. The van der Waals surface area contributed by atoms with Gasteiger partial charge >= 0.3 is 0 Å². The lowest BCUT2D eigenvalue weighted by molar-refractivity contribution is 0.0933. The molecule has 0 saturated carbocycles. The summed E-state index contributed by atoms with van der Waals surface area (Å²) >= 11 is 3.55. The molecule has 1 aliphatic rings. The molecule has 2 N–H and O–H groups in total. The first-order valence-corrected chi connectivity index (χ1v) is 9.23. The number of piperidine rings is 1. The molecule has 1 amide bonds. The van der Waals surface area contributed by atoms with Crippen LogP contribution >= 0.6 is 15.9 Å². The topological polar surface area (TPSA) is 59.0 Å². The molecule has 2 heterocycles. The van der Waals surface area contributed by atoms with Crippen molar-refractivity contribution in [2.45, 2.75) is 38.3 Å². The molecule has 0 radical (unpaired) electrons. The molecule has 0 aliphatic carbocycles. The Balaban J connectivity index is 1.58. The van der Waals surface area contributed by atoms with Gasteiger partial charge in [0, 0.05) is 23.3 Å². The van der Waals surface area contributed by atoms with Crippen molar-refractivity contribution in [3.63, 3.8) is 0 Å². The van der Waals surface area contributed by atoms with Gasteiger partial charge in [-0.05, 0) is 50.4 Å². The minimum Gasteiger partial charge on any atom is -0.348 e. The number of hydrogen-bond acceptors (Lipinski definition) is 3. The third kappa shape index (κ3) is 4.24. The normalized spacial score (nSPS) is 19.0. The molecular formula is C18H23BrN4O. The van der Waals surface area contributed by atoms with Crippen molar-refractivity contribution in [1.82, 2.24) is 20.4 Å². The average Bonchev–Trinajstić information content (AvgIpc) is 3.08. The Kier molecular flexibility index (Phi) is 5.68. The highest BCUT2D eigenvalue weighted by atomic mass is 79.9. The number of carbonyl (C=O) groups excluding carboxylic acids is 1. The zero-order valence-electron chi connectivity index (χ0n) is 13.8. The molecule has 1 aliphatic heterocycles. The fourth-order valence-corrected chi connectivity index (χ4v) is 3.51. The Morgan fingerprint density at radius 1 is 1.46 bits per heavy atom. The molecule has 2 atom stereocenters. The molecule has 24 heavy (non-hydrogen) atoms. The molecule has 128 valence electrons. The second kappa shape index (κ2) is 7.94. The second-order valence-electron chi connectivity index (χ2n) is 6.35. The van der Waals surface area contributed by atoms with E-state index in [4.69, 9.17) is 0 Å². The molecule has 6 heteroatoms. The van der Waals surface area contributed by atoms with E-state index in [1.807, 2.05) is 36.0 Å². The summed E-state index contributed by atoms with van der Waals surface area (Å²) < 4.78 is 2.99. The first-order chi connectivity index (χ1) is 11.6. The summed E-state index contributed by atoms with van der Waals surface area (Å²) in [4.78, 5) is 12.4. The number of nitrogens with one attached hydrogen (secondary N) is 2. The van der Waals surface area contributed by atoms with E-state index in [0.29, 0.717) is 11.7 Å². The van der Waals surface area contributed by atoms with Crippen LogP contribution in [0.1, 0.15) is 41.9 Å². The Labute approximate surface area is 151 Å². The van der Waals surface area contributed by atoms with Crippen molar-refractivity contribution in [2.24, 2.45) is 0 Å². The van der Waals surface area contributed by atoms with Crippen LogP contribution < -0.4 is 10.6 Å². The molecular weight excluding hydrogens is 368 g/mol. The van der Waals surface area contributed by atoms with Crippen molar-refractivity contribution in [3.8, 4) is 0 Å². The Morgan fingerprint density at radius 2 is 2.29 bits per heavy atom. The molecule has 1 aromatic carbocycles. The number of nitrogens with zero attached hydrogens (tertiary/aromatic N) is 2. The SMILES string of the molecule is CC(Cc1ccccc1Br)NC(=O)c1ccn(C2CCCNC2)n1. The van der Waals surface area contributed by atoms with Gasteiger partial charge < -0.3 is 10.6 Å². The lowest BCUT2D eigenvalue weighted by atomic mass is 10.1. The average molecular weight is 391 g/mol. The minimum atomic E-state index is -0.114. The maximum absolute atomic E-state index is 12.4. The number of halogens is 1. The van der Waals surface area contributed by atoms with Gasteiger partial charge in [-0.25, -0.2) is 0 Å². The molecule has 0 bridgehead atoms. The Bertz CT molecular complexity index is 694. The standard InChI is InChI=1S/C18H23BrN4O/c1-13(11-14-5-2-3-7-16(14)19)21-18(24)17-8-10-23(22-17)15-6-4-9-20-12-15/h2-3,5,7-8,10,13,15,20H,4,6,9,11-12H2,1H3,(H,21,24). The number of amides is 1. The first-order valence-electron chi connectivity index (χ1n) is 8.43. The molecule has 2 aromatic rings. The van der Waals surface area contributed by atoms with Crippen LogP contribution in [0.4, 0.5) is 0 Å². The van der Waals surface area contributed by atoms with Gasteiger partial charge in [-0.3, -0.25) is 9.48 Å². The summed E-state index contributed by atoms with van der Waals surface area (Å²) in [7, 11) is 0. The van der Waals surface area contributed by atoms with Crippen LogP contribution in [0.15, 0.2) is 41.0 Å². The third-order valence-electron chi connectivity index (χ3n) is 4.35. The summed E-state index contributed by atoms with van der Waals surface area (Å²) in [5.41, 5.74) is 1.67. The Morgan fingerprint density at radius 3 is 3.04 bits per heavy atom. The fourth-order valence-electron chi connectivity index (χ4n) is 3.06. The molecule has 1 saturated heterocycles. The van der Waals surface area contributed by atoms with Gasteiger partial charge in [0.2, 0.25) is 0 Å². The first kappa shape index (κ1) is 17.2. The molecule has 3 rings (SSSR count). The van der Waals surface area contributed by atoms with Crippen LogP contribution in [-0.2, 0) is 6.42 Å². The van der Waals surface area contributed by atoms with Crippen molar-refractivity contribution < 1.29 is 4.79 Å². The van der Waals surface area contributed by atoms with E-state index in [2.05, 4.69) is 37.7 Å². The summed E-state index contributed by atoms with van der Waals surface area (Å²) in [6.07, 6.45) is 4.94. The van der Waals surface area contributed by atoms with Gasteiger partial charge in [0.05, 0.1) is 6.04 Å². The minimum absolute atomic E-state index is 0.0395. The molecule has 1 aromatic heterocycles. The van der Waals surface area contributed by atoms with Crippen LogP contribution in [0.2, 0.25) is 0 Å². The van der Waals surface area contributed by atoms with Crippen LogP contribution in [0, 0.1) is 0 Å². The largest absolute Gasteiger partial charge is 0.348 e. The Hall–Kier alpha value is -1.66. The van der Waals surface area contributed by atoms with E-state index in [9.17, 15) is 4.79 Å². The zero-order chi connectivity index (χ0) is 16.9. The van der Waals surface area contributed by atoms with E-state index in [0.717, 1.165) is 36.8 Å². The van der Waals surface area contributed by atoms with Crippen molar-refractivity contribution in [3.05, 3.63) is 52.3 Å². The van der Waals surface area contributed by atoms with Gasteiger partial charge in [-0.2, -0.15) is 5.10 Å². The number of aromatic nitrogens is 2. The van der Waals surface area contributed by atoms with Gasteiger partial charge in [-0.1, -0.05) is 34.1 Å². The number of rotatable bonds is 5. The van der Waals surface area contributed by atoms with Crippen LogP contribution in [0.5, 0.6) is 0 Å². The van der Waals surface area contributed by atoms with Gasteiger partial charge in [-0.15, -0.1) is 0 Å². The van der Waals surface area contributed by atoms with E-state index in [1.54, 1.807) is 6.07 Å². The summed E-state index contributed by atoms with van der Waals surface area (Å²) in [5.74, 6) is -0.114. The van der Waals surface area contributed by atoms with Gasteiger partial charge in [0.15, 0.2) is 0 Å². The number of benzene rings is 1. The van der Waals surface area contributed by atoms with Crippen molar-refractivity contribution >= 4 is 21.8 Å². The predicted molar refractivity (Wildman–Crippen MR) is 98.1 cm³/mol. The van der Waals surface area contributed by atoms with E-state index < -0.39 is 0 Å². The van der Waals surface area contributed by atoms with E-state index in [1.165, 1.54) is 5.56 Å². The molecule has 2 unspecified atom stereocenters. The zero-order valence-corrected chi connectivity index (χ0v) is 15.4. The van der Waals surface area contributed by atoms with Crippen molar-refractivity contribution in [2.75, 3.05) is 13.1 Å². The highest BCUT2D eigenvalue weighted by molar-refractivity contribution is 9.10. The summed E-state index contributed by atoms with van der Waals surface area (Å²) in [6, 6.07) is 10.3. The monoisotopic (exact) mass is 390 g/mol. The molecule has 1 fully saturated rings. The highest BCUT2D eigenvalue weighted by Crippen LogP contribution is 2.18. The quantitative estimate of drug-likeness (QED) is 0.824. The summed E-state index contributed by atoms with van der Waals surface area (Å²) in [5, 5.41) is 10.9. The maximum Gasteiger partial charge on any atom is 0.271 e. The lowest BCUT2D eigenvalue weighted by Crippen LogP contribution is -2.35. The van der Waals surface area contributed by atoms with Crippen LogP contribution in [0.3, 0.4) is 0 Å². The fraction of sp³-hybridized carbons (Fsp3) is 0.444. The number of hydrogen-bond donors (Lipinski definition) is 2. The third-order valence-corrected chi connectivity index (χ3v) is 5.12. The van der Waals surface area contributed by atoms with Crippen molar-refractivity contribution in [1.29, 1.82) is 0 Å². The summed E-state index contributed by atoms with van der Waals surface area (Å²) in [6.45, 7) is 4.00. The number of carbonyl (C=O) groups is 1. The van der Waals surface area contributed by atoms with E-state index in [-0.39, 0.29) is 11.9 Å². The van der Waals surface area contributed by atoms with Crippen LogP contribution in [-0.4, -0.2) is 34.8 Å². The van der Waals surface area contributed by atoms with E-state index >= 15 is 0 Å².